The first kappa shape index (κ1) is 12.8. The molecule has 1 amide bonds. The molecule has 0 aromatic rings. The van der Waals surface area contributed by atoms with Crippen LogP contribution in [0.5, 0.6) is 0 Å². The normalized spacial score (nSPS) is 29.3. The number of nitrogens with one attached hydrogen (secondary N) is 2. The van der Waals surface area contributed by atoms with Gasteiger partial charge in [-0.2, -0.15) is 0 Å². The van der Waals surface area contributed by atoms with Crippen molar-refractivity contribution in [3.8, 4) is 0 Å². The first-order valence-electron chi connectivity index (χ1n) is 6.92. The second-order valence-corrected chi connectivity index (χ2v) is 5.64. The van der Waals surface area contributed by atoms with Gasteiger partial charge in [-0.25, -0.2) is 0 Å². The van der Waals surface area contributed by atoms with E-state index in [0.717, 1.165) is 26.1 Å². The molecule has 17 heavy (non-hydrogen) atoms. The van der Waals surface area contributed by atoms with Gasteiger partial charge in [0.25, 0.3) is 0 Å². The molecular formula is C13H25N3O. The van der Waals surface area contributed by atoms with Crippen molar-refractivity contribution in [3.05, 3.63) is 0 Å². The van der Waals surface area contributed by atoms with Gasteiger partial charge in [-0.05, 0) is 39.7 Å². The topological polar surface area (TPSA) is 44.4 Å². The van der Waals surface area contributed by atoms with E-state index in [9.17, 15) is 4.79 Å². The molecule has 2 aliphatic heterocycles. The maximum Gasteiger partial charge on any atom is 0.220 e. The maximum atomic E-state index is 11.2. The van der Waals surface area contributed by atoms with Crippen LogP contribution in [-0.2, 0) is 4.79 Å². The molecule has 98 valence electrons. The first-order chi connectivity index (χ1) is 8.15. The summed E-state index contributed by atoms with van der Waals surface area (Å²) in [6, 6.07) is 1.57. The largest absolute Gasteiger partial charge is 0.352 e. The fourth-order valence-corrected chi connectivity index (χ4v) is 2.79. The molecule has 2 unspecified atom stereocenters. The Kier molecular flexibility index (Phi) is 4.40. The van der Waals surface area contributed by atoms with Crippen molar-refractivity contribution < 1.29 is 4.79 Å². The van der Waals surface area contributed by atoms with E-state index >= 15 is 0 Å². The molecule has 0 aliphatic carbocycles. The van der Waals surface area contributed by atoms with Gasteiger partial charge in [0.1, 0.15) is 0 Å². The SMILES string of the molecule is CC(C)N(CC1CCCN1)CC1CCC(=O)N1. The van der Waals surface area contributed by atoms with Crippen LogP contribution in [0.3, 0.4) is 0 Å². The molecule has 2 fully saturated rings. The summed E-state index contributed by atoms with van der Waals surface area (Å²) in [5.41, 5.74) is 0. The minimum absolute atomic E-state index is 0.220. The zero-order chi connectivity index (χ0) is 12.3. The molecule has 0 spiro atoms. The Balaban J connectivity index is 1.81. The fraction of sp³-hybridized carbons (Fsp3) is 0.923. The highest BCUT2D eigenvalue weighted by atomic mass is 16.1. The third-order valence-electron chi connectivity index (χ3n) is 3.89. The summed E-state index contributed by atoms with van der Waals surface area (Å²) in [7, 11) is 0. The minimum Gasteiger partial charge on any atom is -0.352 e. The van der Waals surface area contributed by atoms with Gasteiger partial charge in [0.2, 0.25) is 5.91 Å². The molecule has 0 saturated carbocycles. The molecule has 2 heterocycles. The van der Waals surface area contributed by atoms with Crippen LogP contribution >= 0.6 is 0 Å². The van der Waals surface area contributed by atoms with Gasteiger partial charge in [0.15, 0.2) is 0 Å². The van der Waals surface area contributed by atoms with Gasteiger partial charge >= 0.3 is 0 Å². The number of hydrogen-bond donors (Lipinski definition) is 2. The highest BCUT2D eigenvalue weighted by Crippen LogP contribution is 2.13. The predicted octanol–water partition coefficient (Wildman–Crippen LogP) is 0.727. The summed E-state index contributed by atoms with van der Waals surface area (Å²) in [4.78, 5) is 13.7. The summed E-state index contributed by atoms with van der Waals surface area (Å²) in [5.74, 6) is 0.220. The van der Waals surface area contributed by atoms with Crippen molar-refractivity contribution in [2.75, 3.05) is 19.6 Å². The maximum absolute atomic E-state index is 11.2. The molecular weight excluding hydrogens is 214 g/mol. The molecule has 0 radical (unpaired) electrons. The average molecular weight is 239 g/mol. The minimum atomic E-state index is 0.220. The summed E-state index contributed by atoms with van der Waals surface area (Å²) >= 11 is 0. The van der Waals surface area contributed by atoms with Crippen LogP contribution in [-0.4, -0.2) is 48.6 Å². The van der Waals surface area contributed by atoms with E-state index in [-0.39, 0.29) is 5.91 Å². The molecule has 2 rings (SSSR count). The quantitative estimate of drug-likeness (QED) is 0.743. The lowest BCUT2D eigenvalue weighted by Crippen LogP contribution is -2.47. The van der Waals surface area contributed by atoms with Crippen LogP contribution in [0.15, 0.2) is 0 Å². The summed E-state index contributed by atoms with van der Waals surface area (Å²) in [6.07, 6.45) is 4.30. The van der Waals surface area contributed by atoms with E-state index in [1.807, 2.05) is 0 Å². The van der Waals surface area contributed by atoms with Crippen LogP contribution in [0.25, 0.3) is 0 Å². The van der Waals surface area contributed by atoms with Crippen molar-refractivity contribution >= 4 is 5.91 Å². The van der Waals surface area contributed by atoms with Gasteiger partial charge in [-0.15, -0.1) is 0 Å². The van der Waals surface area contributed by atoms with Gasteiger partial charge in [-0.1, -0.05) is 0 Å². The Morgan fingerprint density at radius 1 is 1.29 bits per heavy atom. The van der Waals surface area contributed by atoms with Gasteiger partial charge < -0.3 is 10.6 Å². The van der Waals surface area contributed by atoms with E-state index in [2.05, 4.69) is 29.4 Å². The Bertz CT molecular complexity index is 261. The standard InChI is InChI=1S/C13H25N3O/c1-10(2)16(8-11-4-3-7-14-11)9-12-5-6-13(17)15-12/h10-12,14H,3-9H2,1-2H3,(H,15,17). The van der Waals surface area contributed by atoms with Crippen molar-refractivity contribution in [2.24, 2.45) is 0 Å². The molecule has 0 aromatic carbocycles. The van der Waals surface area contributed by atoms with Crippen LogP contribution in [0.2, 0.25) is 0 Å². The van der Waals surface area contributed by atoms with Crippen molar-refractivity contribution in [3.63, 3.8) is 0 Å². The zero-order valence-corrected chi connectivity index (χ0v) is 11.0. The predicted molar refractivity (Wildman–Crippen MR) is 68.9 cm³/mol. The van der Waals surface area contributed by atoms with E-state index in [0.29, 0.717) is 24.5 Å². The monoisotopic (exact) mass is 239 g/mol. The molecule has 4 heteroatoms. The lowest BCUT2D eigenvalue weighted by atomic mass is 10.1. The lowest BCUT2D eigenvalue weighted by Gasteiger charge is -2.31. The Morgan fingerprint density at radius 2 is 2.06 bits per heavy atom. The zero-order valence-electron chi connectivity index (χ0n) is 11.0. The van der Waals surface area contributed by atoms with E-state index < -0.39 is 0 Å². The number of nitrogens with zero attached hydrogens (tertiary/aromatic N) is 1. The van der Waals surface area contributed by atoms with E-state index in [1.54, 1.807) is 0 Å². The number of rotatable bonds is 5. The Hall–Kier alpha value is -0.610. The Labute approximate surface area is 104 Å². The third-order valence-corrected chi connectivity index (χ3v) is 3.89. The summed E-state index contributed by atoms with van der Waals surface area (Å²) < 4.78 is 0. The third kappa shape index (κ3) is 3.68. The van der Waals surface area contributed by atoms with Crippen LogP contribution in [0.4, 0.5) is 0 Å². The number of carbonyl (C=O) groups excluding carboxylic acids is 1. The van der Waals surface area contributed by atoms with Crippen molar-refractivity contribution in [2.45, 2.75) is 57.7 Å². The summed E-state index contributed by atoms with van der Waals surface area (Å²) in [6.45, 7) is 7.76. The molecule has 0 bridgehead atoms. The van der Waals surface area contributed by atoms with Crippen molar-refractivity contribution in [1.82, 2.24) is 15.5 Å². The number of carbonyl (C=O) groups is 1. The smallest absolute Gasteiger partial charge is 0.220 e. The van der Waals surface area contributed by atoms with Gasteiger partial charge in [0.05, 0.1) is 0 Å². The van der Waals surface area contributed by atoms with E-state index in [1.165, 1.54) is 12.8 Å². The fourth-order valence-electron chi connectivity index (χ4n) is 2.79. The van der Waals surface area contributed by atoms with Gasteiger partial charge in [-0.3, -0.25) is 9.69 Å². The van der Waals surface area contributed by atoms with Crippen LogP contribution in [0, 0.1) is 0 Å². The number of amides is 1. The Morgan fingerprint density at radius 3 is 2.59 bits per heavy atom. The highest BCUT2D eigenvalue weighted by molar-refractivity contribution is 5.78. The molecule has 0 aromatic heterocycles. The summed E-state index contributed by atoms with van der Waals surface area (Å²) in [5, 5.41) is 6.61. The molecule has 2 aliphatic rings. The second kappa shape index (κ2) is 5.83. The molecule has 2 N–H and O–H groups in total. The molecule has 2 saturated heterocycles. The second-order valence-electron chi connectivity index (χ2n) is 5.64. The lowest BCUT2D eigenvalue weighted by molar-refractivity contribution is -0.119. The molecule has 4 nitrogen and oxygen atoms in total. The van der Waals surface area contributed by atoms with Crippen LogP contribution in [0.1, 0.15) is 39.5 Å². The molecule has 2 atom stereocenters. The average Bonchev–Trinajstić information content (AvgIpc) is 2.89. The van der Waals surface area contributed by atoms with Crippen LogP contribution < -0.4 is 10.6 Å². The number of hydrogen-bond acceptors (Lipinski definition) is 3. The van der Waals surface area contributed by atoms with Crippen molar-refractivity contribution in [1.29, 1.82) is 0 Å². The highest BCUT2D eigenvalue weighted by Gasteiger charge is 2.26. The van der Waals surface area contributed by atoms with Gasteiger partial charge in [0, 0.05) is 37.6 Å². The van der Waals surface area contributed by atoms with E-state index in [4.69, 9.17) is 0 Å². The first-order valence-corrected chi connectivity index (χ1v) is 6.92.